The molecule has 0 spiro atoms. The summed E-state index contributed by atoms with van der Waals surface area (Å²) in [7, 11) is -1.10. The van der Waals surface area contributed by atoms with Gasteiger partial charge in [0.2, 0.25) is 0 Å². The third kappa shape index (κ3) is 3.39. The van der Waals surface area contributed by atoms with Gasteiger partial charge in [0.05, 0.1) is 4.90 Å². The van der Waals surface area contributed by atoms with Gasteiger partial charge in [0.1, 0.15) is 11.0 Å². The fraction of sp³-hybridized carbons (Fsp3) is 0.353. The highest BCUT2D eigenvalue weighted by atomic mass is 32.2. The molecule has 1 aromatic heterocycles. The molecule has 0 saturated carbocycles. The number of aromatic nitrogens is 1. The molecule has 3 nitrogen and oxygen atoms in total. The van der Waals surface area contributed by atoms with Crippen LogP contribution in [0.2, 0.25) is 0 Å². The molecule has 1 aromatic carbocycles. The highest BCUT2D eigenvalue weighted by Gasteiger charge is 2.21. The average molecular weight is 300 g/mol. The molecule has 21 heavy (non-hydrogen) atoms. The summed E-state index contributed by atoms with van der Waals surface area (Å²) in [6.45, 7) is 4.07. The Hall–Kier alpha value is -1.52. The lowest BCUT2D eigenvalue weighted by Gasteiger charge is -2.28. The van der Waals surface area contributed by atoms with Gasteiger partial charge in [-0.1, -0.05) is 37.3 Å². The minimum atomic E-state index is -1.10. The number of nitrogens with zero attached hydrogens (tertiary/aromatic N) is 2. The molecule has 1 aliphatic rings. The van der Waals surface area contributed by atoms with Crippen molar-refractivity contribution in [3.05, 3.63) is 48.8 Å². The zero-order valence-electron chi connectivity index (χ0n) is 12.2. The monoisotopic (exact) mass is 300 g/mol. The van der Waals surface area contributed by atoms with E-state index in [0.29, 0.717) is 0 Å². The van der Waals surface area contributed by atoms with E-state index in [1.807, 2.05) is 42.6 Å². The predicted octanol–water partition coefficient (Wildman–Crippen LogP) is 3.50. The van der Waals surface area contributed by atoms with Crippen LogP contribution in [0.1, 0.15) is 19.8 Å². The molecule has 0 N–H and O–H groups in total. The first-order chi connectivity index (χ1) is 10.2. The van der Waals surface area contributed by atoms with E-state index in [-0.39, 0.29) is 0 Å². The van der Waals surface area contributed by atoms with Gasteiger partial charge in [0.15, 0.2) is 0 Å². The fourth-order valence-corrected chi connectivity index (χ4v) is 3.82. The van der Waals surface area contributed by atoms with E-state index < -0.39 is 11.0 Å². The Balaban J connectivity index is 1.81. The van der Waals surface area contributed by atoms with Crippen molar-refractivity contribution in [3.8, 4) is 11.1 Å². The van der Waals surface area contributed by atoms with Crippen molar-refractivity contribution >= 4 is 11.0 Å². The van der Waals surface area contributed by atoms with E-state index in [0.717, 1.165) is 47.9 Å². The minimum absolute atomic E-state index is 0.743. The van der Waals surface area contributed by atoms with Crippen LogP contribution in [0, 0.1) is 5.92 Å². The lowest BCUT2D eigenvalue weighted by Crippen LogP contribution is -2.34. The third-order valence-electron chi connectivity index (χ3n) is 4.00. The van der Waals surface area contributed by atoms with Crippen LogP contribution in [0.4, 0.5) is 0 Å². The number of rotatable bonds is 3. The Bertz CT molecular complexity index is 622. The van der Waals surface area contributed by atoms with Gasteiger partial charge in [-0.3, -0.25) is 4.98 Å². The summed E-state index contributed by atoms with van der Waals surface area (Å²) in [5.41, 5.74) is 2.13. The van der Waals surface area contributed by atoms with Crippen LogP contribution in [0.3, 0.4) is 0 Å². The molecule has 0 amide bonds. The molecule has 0 radical (unpaired) electrons. The molecule has 0 bridgehead atoms. The molecule has 110 valence electrons. The number of hydrogen-bond donors (Lipinski definition) is 0. The Labute approximate surface area is 128 Å². The van der Waals surface area contributed by atoms with Crippen molar-refractivity contribution < 1.29 is 4.21 Å². The van der Waals surface area contributed by atoms with Gasteiger partial charge in [0.25, 0.3) is 0 Å². The molecule has 1 saturated heterocycles. The molecule has 1 unspecified atom stereocenters. The topological polar surface area (TPSA) is 33.2 Å². The summed E-state index contributed by atoms with van der Waals surface area (Å²) in [5, 5.41) is 0. The standard InChI is InChI=1S/C17H20N2OS/c1-14-7-9-19(10-8-14)21(20)17-11-16(12-18-13-17)15-5-3-2-4-6-15/h2-6,11-14H,7-10H2,1H3. The zero-order chi connectivity index (χ0) is 14.7. The maximum atomic E-state index is 12.7. The van der Waals surface area contributed by atoms with E-state index in [1.165, 1.54) is 0 Å². The van der Waals surface area contributed by atoms with E-state index in [9.17, 15) is 4.21 Å². The SMILES string of the molecule is CC1CCN(S(=O)c2cncc(-c3ccccc3)c2)CC1. The molecule has 2 aromatic rings. The number of pyridine rings is 1. The average Bonchev–Trinajstić information content (AvgIpc) is 2.56. The zero-order valence-corrected chi connectivity index (χ0v) is 13.1. The molecule has 4 heteroatoms. The molecular weight excluding hydrogens is 280 g/mol. The minimum Gasteiger partial charge on any atom is -0.263 e. The second-order valence-corrected chi connectivity index (χ2v) is 7.12. The molecule has 2 heterocycles. The van der Waals surface area contributed by atoms with Gasteiger partial charge in [-0.15, -0.1) is 0 Å². The first-order valence-corrected chi connectivity index (χ1v) is 8.52. The van der Waals surface area contributed by atoms with Crippen molar-refractivity contribution in [1.82, 2.24) is 9.29 Å². The van der Waals surface area contributed by atoms with E-state index in [4.69, 9.17) is 0 Å². The van der Waals surface area contributed by atoms with Crippen LogP contribution in [0.5, 0.6) is 0 Å². The predicted molar refractivity (Wildman–Crippen MR) is 86.1 cm³/mol. The van der Waals surface area contributed by atoms with Crippen molar-refractivity contribution in [1.29, 1.82) is 0 Å². The van der Waals surface area contributed by atoms with Gasteiger partial charge in [-0.2, -0.15) is 0 Å². The largest absolute Gasteiger partial charge is 0.263 e. The molecular formula is C17H20N2OS. The quantitative estimate of drug-likeness (QED) is 0.869. The molecule has 3 rings (SSSR count). The fourth-order valence-electron chi connectivity index (χ4n) is 2.60. The van der Waals surface area contributed by atoms with Gasteiger partial charge in [0, 0.05) is 31.0 Å². The summed E-state index contributed by atoms with van der Waals surface area (Å²) in [6.07, 6.45) is 5.80. The van der Waals surface area contributed by atoms with Crippen LogP contribution in [0.25, 0.3) is 11.1 Å². The Morgan fingerprint density at radius 1 is 1.10 bits per heavy atom. The van der Waals surface area contributed by atoms with Crippen molar-refractivity contribution in [2.45, 2.75) is 24.7 Å². The van der Waals surface area contributed by atoms with E-state index in [2.05, 4.69) is 16.2 Å². The summed E-state index contributed by atoms with van der Waals surface area (Å²) in [5.74, 6) is 0.743. The number of hydrogen-bond acceptors (Lipinski definition) is 2. The lowest BCUT2D eigenvalue weighted by molar-refractivity contribution is 0.299. The number of benzene rings is 1. The summed E-state index contributed by atoms with van der Waals surface area (Å²) in [6, 6.07) is 12.1. The first-order valence-electron chi connectivity index (χ1n) is 7.41. The van der Waals surface area contributed by atoms with Gasteiger partial charge < -0.3 is 0 Å². The summed E-state index contributed by atoms with van der Waals surface area (Å²) in [4.78, 5) is 5.07. The highest BCUT2D eigenvalue weighted by Crippen LogP contribution is 2.24. The van der Waals surface area contributed by atoms with Crippen molar-refractivity contribution in [3.63, 3.8) is 0 Å². The smallest absolute Gasteiger partial charge is 0.129 e. The van der Waals surface area contributed by atoms with E-state index in [1.54, 1.807) is 6.20 Å². The van der Waals surface area contributed by atoms with Gasteiger partial charge >= 0.3 is 0 Å². The van der Waals surface area contributed by atoms with Gasteiger partial charge in [-0.25, -0.2) is 8.51 Å². The van der Waals surface area contributed by atoms with Crippen LogP contribution in [-0.4, -0.2) is 26.6 Å². The third-order valence-corrected chi connectivity index (χ3v) is 5.46. The van der Waals surface area contributed by atoms with Crippen molar-refractivity contribution in [2.75, 3.05) is 13.1 Å². The normalized spacial score (nSPS) is 18.5. The molecule has 1 fully saturated rings. The van der Waals surface area contributed by atoms with Crippen LogP contribution < -0.4 is 0 Å². The highest BCUT2D eigenvalue weighted by molar-refractivity contribution is 7.82. The summed E-state index contributed by atoms with van der Waals surface area (Å²) >= 11 is 0. The lowest BCUT2D eigenvalue weighted by atomic mass is 10.0. The Kier molecular flexibility index (Phi) is 4.46. The maximum Gasteiger partial charge on any atom is 0.129 e. The van der Waals surface area contributed by atoms with Crippen molar-refractivity contribution in [2.24, 2.45) is 5.92 Å². The second kappa shape index (κ2) is 6.50. The second-order valence-electron chi connectivity index (χ2n) is 5.64. The van der Waals surface area contributed by atoms with Crippen LogP contribution in [-0.2, 0) is 11.0 Å². The first kappa shape index (κ1) is 14.4. The summed E-state index contributed by atoms with van der Waals surface area (Å²) < 4.78 is 14.7. The molecule has 0 aliphatic carbocycles. The molecule has 1 aliphatic heterocycles. The van der Waals surface area contributed by atoms with Gasteiger partial charge in [-0.05, 0) is 30.4 Å². The Morgan fingerprint density at radius 2 is 1.81 bits per heavy atom. The van der Waals surface area contributed by atoms with Crippen LogP contribution in [0.15, 0.2) is 53.7 Å². The Morgan fingerprint density at radius 3 is 2.52 bits per heavy atom. The maximum absolute atomic E-state index is 12.7. The van der Waals surface area contributed by atoms with E-state index >= 15 is 0 Å². The molecule has 1 atom stereocenters. The number of piperidine rings is 1. The van der Waals surface area contributed by atoms with Crippen LogP contribution >= 0.6 is 0 Å².